The van der Waals surface area contributed by atoms with Gasteiger partial charge in [-0.15, -0.1) is 0 Å². The minimum atomic E-state index is -0.267. The molecule has 1 aromatic rings. The van der Waals surface area contributed by atoms with Crippen LogP contribution in [0.3, 0.4) is 0 Å². The van der Waals surface area contributed by atoms with E-state index in [4.69, 9.17) is 0 Å². The Bertz CT molecular complexity index is 425. The summed E-state index contributed by atoms with van der Waals surface area (Å²) in [5.74, 6) is 0.793. The number of hydrogen-bond acceptors (Lipinski definition) is 1. The van der Waals surface area contributed by atoms with Gasteiger partial charge in [0.15, 0.2) is 0 Å². The Morgan fingerprint density at radius 3 is 2.05 bits per heavy atom. The van der Waals surface area contributed by atoms with Crippen LogP contribution in [0.2, 0.25) is 0 Å². The zero-order valence-corrected chi connectivity index (χ0v) is 14.0. The number of carbonyl (C=O) groups is 1. The van der Waals surface area contributed by atoms with Gasteiger partial charge in [0.05, 0.1) is 0 Å². The molecule has 0 fully saturated rings. The van der Waals surface area contributed by atoms with Crippen LogP contribution in [0.5, 0.6) is 0 Å². The van der Waals surface area contributed by atoms with Crippen molar-refractivity contribution in [1.82, 2.24) is 0 Å². The Hall–Kier alpha value is -1.11. The minimum Gasteiger partial charge on any atom is -0.298 e. The van der Waals surface area contributed by atoms with Crippen molar-refractivity contribution in [3.05, 3.63) is 35.9 Å². The van der Waals surface area contributed by atoms with E-state index in [1.54, 1.807) is 0 Å². The third kappa shape index (κ3) is 3.71. The molecule has 0 aliphatic carbocycles. The zero-order valence-electron chi connectivity index (χ0n) is 14.0. The maximum atomic E-state index is 13.0. The number of aryl methyl sites for hydroxylation is 1. The van der Waals surface area contributed by atoms with Crippen LogP contribution in [0.25, 0.3) is 0 Å². The average Bonchev–Trinajstić information content (AvgIpc) is 2.39. The topological polar surface area (TPSA) is 17.1 Å². The summed E-state index contributed by atoms with van der Waals surface area (Å²) in [7, 11) is 0. The van der Waals surface area contributed by atoms with E-state index >= 15 is 0 Å². The highest BCUT2D eigenvalue weighted by Crippen LogP contribution is 2.42. The van der Waals surface area contributed by atoms with Gasteiger partial charge in [-0.2, -0.15) is 0 Å². The number of rotatable bonds is 6. The molecule has 0 saturated carbocycles. The molecule has 1 atom stereocenters. The maximum absolute atomic E-state index is 13.0. The van der Waals surface area contributed by atoms with Crippen LogP contribution < -0.4 is 0 Å². The molecule has 0 bridgehead atoms. The molecule has 0 N–H and O–H groups in total. The smallest absolute Gasteiger partial charge is 0.144 e. The van der Waals surface area contributed by atoms with Gasteiger partial charge in [0.25, 0.3) is 0 Å². The first kappa shape index (κ1) is 16.9. The number of carbonyl (C=O) groups excluding carboxylic acids is 1. The first-order valence-electron chi connectivity index (χ1n) is 7.83. The predicted molar refractivity (Wildman–Crippen MR) is 86.8 cm³/mol. The predicted octanol–water partition coefficient (Wildman–Crippen LogP) is 5.29. The van der Waals surface area contributed by atoms with E-state index in [0.29, 0.717) is 11.7 Å². The van der Waals surface area contributed by atoms with Crippen molar-refractivity contribution < 1.29 is 4.79 Å². The van der Waals surface area contributed by atoms with Gasteiger partial charge in [-0.25, -0.2) is 0 Å². The van der Waals surface area contributed by atoms with Crippen LogP contribution in [0.4, 0.5) is 0 Å². The second kappa shape index (κ2) is 6.56. The standard InChI is InChI=1S/C19H30O/c1-7-19(15(2)3,17(20)18(4,5)6)14-13-16-11-9-8-10-12-16/h8-12,15H,7,13-14H2,1-6H3/t19-/m1/s1. The van der Waals surface area contributed by atoms with Gasteiger partial charge in [0.1, 0.15) is 5.78 Å². The summed E-state index contributed by atoms with van der Waals surface area (Å²) in [6.45, 7) is 12.7. The Morgan fingerprint density at radius 1 is 1.10 bits per heavy atom. The molecule has 0 amide bonds. The van der Waals surface area contributed by atoms with Crippen molar-refractivity contribution in [2.24, 2.45) is 16.7 Å². The first-order valence-corrected chi connectivity index (χ1v) is 7.83. The van der Waals surface area contributed by atoms with Gasteiger partial charge in [-0.3, -0.25) is 4.79 Å². The van der Waals surface area contributed by atoms with Crippen molar-refractivity contribution >= 4 is 5.78 Å². The third-order valence-electron chi connectivity index (χ3n) is 4.57. The van der Waals surface area contributed by atoms with Crippen LogP contribution >= 0.6 is 0 Å². The molecule has 0 aromatic heterocycles. The van der Waals surface area contributed by atoms with E-state index in [9.17, 15) is 4.79 Å². The Balaban J connectivity index is 2.98. The molecule has 112 valence electrons. The van der Waals surface area contributed by atoms with Crippen LogP contribution in [0, 0.1) is 16.7 Å². The van der Waals surface area contributed by atoms with Crippen molar-refractivity contribution in [1.29, 1.82) is 0 Å². The van der Waals surface area contributed by atoms with Gasteiger partial charge in [0.2, 0.25) is 0 Å². The lowest BCUT2D eigenvalue weighted by Crippen LogP contribution is -2.43. The number of Topliss-reactive ketones (excluding diaryl/α,β-unsaturated/α-hetero) is 1. The SMILES string of the molecule is CC[C@](CCc1ccccc1)(C(=O)C(C)(C)C)C(C)C. The molecule has 0 aliphatic rings. The van der Waals surface area contributed by atoms with Gasteiger partial charge in [-0.05, 0) is 30.7 Å². The Kier molecular flexibility index (Phi) is 5.56. The normalized spacial score (nSPS) is 15.2. The second-order valence-electron chi connectivity index (χ2n) is 7.23. The number of hydrogen-bond donors (Lipinski definition) is 0. The Morgan fingerprint density at radius 2 is 1.65 bits per heavy atom. The van der Waals surface area contributed by atoms with E-state index < -0.39 is 0 Å². The summed E-state index contributed by atoms with van der Waals surface area (Å²) >= 11 is 0. The van der Waals surface area contributed by atoms with Gasteiger partial charge in [0, 0.05) is 10.8 Å². The average molecular weight is 274 g/mol. The van der Waals surface area contributed by atoms with E-state index in [1.807, 2.05) is 26.8 Å². The van der Waals surface area contributed by atoms with Gasteiger partial charge < -0.3 is 0 Å². The molecule has 0 unspecified atom stereocenters. The molecule has 1 aromatic carbocycles. The van der Waals surface area contributed by atoms with E-state index in [-0.39, 0.29) is 10.8 Å². The van der Waals surface area contributed by atoms with Gasteiger partial charge in [-0.1, -0.05) is 71.9 Å². The maximum Gasteiger partial charge on any atom is 0.144 e. The molecule has 0 saturated heterocycles. The highest BCUT2D eigenvalue weighted by molar-refractivity contribution is 5.89. The lowest BCUT2D eigenvalue weighted by molar-refractivity contribution is -0.140. The molecule has 0 aliphatic heterocycles. The number of benzene rings is 1. The minimum absolute atomic E-state index is 0.200. The van der Waals surface area contributed by atoms with Crippen molar-refractivity contribution in [2.75, 3.05) is 0 Å². The van der Waals surface area contributed by atoms with Gasteiger partial charge >= 0.3 is 0 Å². The molecule has 1 rings (SSSR count). The molecule has 0 heterocycles. The van der Waals surface area contributed by atoms with Crippen LogP contribution in [0.15, 0.2) is 30.3 Å². The van der Waals surface area contributed by atoms with Crippen LogP contribution in [0.1, 0.15) is 59.9 Å². The third-order valence-corrected chi connectivity index (χ3v) is 4.57. The van der Waals surface area contributed by atoms with Crippen molar-refractivity contribution in [2.45, 2.75) is 60.8 Å². The summed E-state index contributed by atoms with van der Waals surface area (Å²) in [5, 5.41) is 0. The summed E-state index contributed by atoms with van der Waals surface area (Å²) in [6.07, 6.45) is 2.85. The second-order valence-corrected chi connectivity index (χ2v) is 7.23. The fourth-order valence-electron chi connectivity index (χ4n) is 3.17. The molecule has 20 heavy (non-hydrogen) atoms. The van der Waals surface area contributed by atoms with E-state index in [0.717, 1.165) is 19.3 Å². The summed E-state index contributed by atoms with van der Waals surface area (Å²) in [6, 6.07) is 10.5. The summed E-state index contributed by atoms with van der Waals surface area (Å²) < 4.78 is 0. The first-order chi connectivity index (χ1) is 9.24. The van der Waals surface area contributed by atoms with Crippen LogP contribution in [-0.4, -0.2) is 5.78 Å². The van der Waals surface area contributed by atoms with Crippen molar-refractivity contribution in [3.63, 3.8) is 0 Å². The molecule has 0 radical (unpaired) electrons. The van der Waals surface area contributed by atoms with E-state index in [2.05, 4.69) is 45.0 Å². The number of ketones is 1. The highest BCUT2D eigenvalue weighted by atomic mass is 16.1. The largest absolute Gasteiger partial charge is 0.298 e. The summed E-state index contributed by atoms with van der Waals surface area (Å²) in [5.41, 5.74) is 0.859. The summed E-state index contributed by atoms with van der Waals surface area (Å²) in [4.78, 5) is 13.0. The molecule has 1 nitrogen and oxygen atoms in total. The Labute approximate surface area is 124 Å². The lowest BCUT2D eigenvalue weighted by atomic mass is 9.62. The highest BCUT2D eigenvalue weighted by Gasteiger charge is 2.43. The molecule has 0 spiro atoms. The molecular formula is C19H30O. The van der Waals surface area contributed by atoms with E-state index in [1.165, 1.54) is 5.56 Å². The van der Waals surface area contributed by atoms with Crippen molar-refractivity contribution in [3.8, 4) is 0 Å². The zero-order chi connectivity index (χ0) is 15.4. The van der Waals surface area contributed by atoms with Crippen LogP contribution in [-0.2, 0) is 11.2 Å². The quantitative estimate of drug-likeness (QED) is 0.689. The molecular weight excluding hydrogens is 244 g/mol. The fourth-order valence-corrected chi connectivity index (χ4v) is 3.17. The molecule has 1 heteroatoms. The fraction of sp³-hybridized carbons (Fsp3) is 0.632. The monoisotopic (exact) mass is 274 g/mol. The lowest BCUT2D eigenvalue weighted by Gasteiger charge is -2.40.